The van der Waals surface area contributed by atoms with Crippen molar-refractivity contribution in [1.29, 1.82) is 0 Å². The van der Waals surface area contributed by atoms with Crippen LogP contribution in [-0.4, -0.2) is 89.7 Å². The van der Waals surface area contributed by atoms with Crippen LogP contribution in [-0.2, 0) is 19.2 Å². The molecular weight excluding hydrogens is 338 g/mol. The van der Waals surface area contributed by atoms with E-state index in [9.17, 15) is 19.2 Å². The third-order valence-corrected chi connectivity index (χ3v) is 4.83. The lowest BCUT2D eigenvalue weighted by molar-refractivity contribution is -0.154. The van der Waals surface area contributed by atoms with Crippen LogP contribution >= 0.6 is 0 Å². The first kappa shape index (κ1) is 20.2. The van der Waals surface area contributed by atoms with Gasteiger partial charge in [0.25, 0.3) is 0 Å². The Labute approximate surface area is 153 Å². The number of primary amides is 1. The van der Waals surface area contributed by atoms with Crippen molar-refractivity contribution in [2.45, 2.75) is 39.3 Å². The molecule has 2 rings (SSSR count). The largest absolute Gasteiger partial charge is 0.368 e. The number of piperazine rings is 2. The summed E-state index contributed by atoms with van der Waals surface area (Å²) in [6.07, 6.45) is 0.726. The van der Waals surface area contributed by atoms with E-state index >= 15 is 0 Å². The van der Waals surface area contributed by atoms with E-state index in [0.717, 1.165) is 6.42 Å². The lowest BCUT2D eigenvalue weighted by atomic mass is 10.0. The van der Waals surface area contributed by atoms with Gasteiger partial charge < -0.3 is 25.8 Å². The second-order valence-corrected chi connectivity index (χ2v) is 7.39. The minimum atomic E-state index is -0.667. The van der Waals surface area contributed by atoms with E-state index in [4.69, 9.17) is 5.73 Å². The standard InChI is InChI=1S/C17H29N5O4/c1-11(2)8-13-17(26)20(5-4-19-13)10-15(24)22-7-6-21(9-14(18)23)16(25)12(22)3/h11-13,19H,4-10H2,1-3H3,(H2,18,23)/t12-,13-/m0/s1. The van der Waals surface area contributed by atoms with Gasteiger partial charge in [0.1, 0.15) is 6.04 Å². The fourth-order valence-electron chi connectivity index (χ4n) is 3.47. The molecule has 0 aromatic carbocycles. The first-order chi connectivity index (χ1) is 12.2. The highest BCUT2D eigenvalue weighted by atomic mass is 16.2. The summed E-state index contributed by atoms with van der Waals surface area (Å²) in [5.74, 6) is -0.809. The van der Waals surface area contributed by atoms with Gasteiger partial charge in [0.2, 0.25) is 23.6 Å². The van der Waals surface area contributed by atoms with E-state index < -0.39 is 11.9 Å². The van der Waals surface area contributed by atoms with Gasteiger partial charge in [-0.3, -0.25) is 19.2 Å². The Morgan fingerprint density at radius 3 is 2.38 bits per heavy atom. The maximum Gasteiger partial charge on any atom is 0.245 e. The van der Waals surface area contributed by atoms with Gasteiger partial charge in [0.05, 0.1) is 19.1 Å². The molecule has 0 bridgehead atoms. The molecule has 2 fully saturated rings. The first-order valence-corrected chi connectivity index (χ1v) is 9.09. The summed E-state index contributed by atoms with van der Waals surface area (Å²) in [4.78, 5) is 53.0. The highest BCUT2D eigenvalue weighted by Gasteiger charge is 2.37. The predicted octanol–water partition coefficient (Wildman–Crippen LogP) is -1.62. The molecule has 0 aromatic heterocycles. The summed E-state index contributed by atoms with van der Waals surface area (Å²) in [7, 11) is 0. The fraction of sp³-hybridized carbons (Fsp3) is 0.765. The Morgan fingerprint density at radius 1 is 1.12 bits per heavy atom. The molecule has 2 aliphatic heterocycles. The molecule has 2 saturated heterocycles. The molecule has 2 atom stereocenters. The molecule has 146 valence electrons. The van der Waals surface area contributed by atoms with Gasteiger partial charge in [-0.25, -0.2) is 0 Å². The molecule has 0 saturated carbocycles. The molecule has 0 spiro atoms. The van der Waals surface area contributed by atoms with E-state index in [0.29, 0.717) is 25.6 Å². The van der Waals surface area contributed by atoms with E-state index in [1.165, 1.54) is 9.80 Å². The van der Waals surface area contributed by atoms with Crippen molar-refractivity contribution >= 4 is 23.6 Å². The molecule has 2 heterocycles. The molecule has 4 amide bonds. The van der Waals surface area contributed by atoms with Gasteiger partial charge in [-0.2, -0.15) is 0 Å². The molecule has 0 aromatic rings. The molecule has 26 heavy (non-hydrogen) atoms. The van der Waals surface area contributed by atoms with Gasteiger partial charge in [0, 0.05) is 26.2 Å². The van der Waals surface area contributed by atoms with Crippen molar-refractivity contribution < 1.29 is 19.2 Å². The van der Waals surface area contributed by atoms with Gasteiger partial charge in [-0.1, -0.05) is 13.8 Å². The summed E-state index contributed by atoms with van der Waals surface area (Å²) in [5.41, 5.74) is 5.15. The Morgan fingerprint density at radius 2 is 1.77 bits per heavy atom. The fourth-order valence-corrected chi connectivity index (χ4v) is 3.47. The summed E-state index contributed by atoms with van der Waals surface area (Å²) in [6.45, 7) is 7.30. The van der Waals surface area contributed by atoms with Crippen molar-refractivity contribution in [3.63, 3.8) is 0 Å². The van der Waals surface area contributed by atoms with Gasteiger partial charge in [-0.05, 0) is 19.3 Å². The SMILES string of the molecule is CC(C)C[C@@H]1NCCN(CC(=O)N2CCN(CC(N)=O)C(=O)[C@@H]2C)C1=O. The number of hydrogen-bond donors (Lipinski definition) is 2. The second kappa shape index (κ2) is 8.48. The number of nitrogens with zero attached hydrogens (tertiary/aromatic N) is 3. The van der Waals surface area contributed by atoms with Crippen LogP contribution in [0.1, 0.15) is 27.2 Å². The number of amides is 4. The molecule has 0 unspecified atom stereocenters. The Balaban J connectivity index is 1.96. The minimum Gasteiger partial charge on any atom is -0.368 e. The van der Waals surface area contributed by atoms with Crippen LogP contribution in [0.25, 0.3) is 0 Å². The van der Waals surface area contributed by atoms with Crippen LogP contribution in [0.4, 0.5) is 0 Å². The number of nitrogens with two attached hydrogens (primary N) is 1. The lowest BCUT2D eigenvalue weighted by Crippen LogP contribution is -2.62. The van der Waals surface area contributed by atoms with Crippen molar-refractivity contribution in [1.82, 2.24) is 20.0 Å². The van der Waals surface area contributed by atoms with E-state index in [1.807, 2.05) is 0 Å². The molecule has 9 heteroatoms. The zero-order valence-electron chi connectivity index (χ0n) is 15.7. The van der Waals surface area contributed by atoms with Crippen molar-refractivity contribution in [3.05, 3.63) is 0 Å². The van der Waals surface area contributed by atoms with Gasteiger partial charge in [-0.15, -0.1) is 0 Å². The average Bonchev–Trinajstić information content (AvgIpc) is 2.55. The quantitative estimate of drug-likeness (QED) is 0.585. The van der Waals surface area contributed by atoms with Crippen LogP contribution in [0.5, 0.6) is 0 Å². The molecule has 0 radical (unpaired) electrons. The summed E-state index contributed by atoms with van der Waals surface area (Å²) in [6, 6.07) is -0.928. The summed E-state index contributed by atoms with van der Waals surface area (Å²) in [5, 5.41) is 3.20. The van der Waals surface area contributed by atoms with Gasteiger partial charge in [0.15, 0.2) is 0 Å². The summed E-state index contributed by atoms with van der Waals surface area (Å²) >= 11 is 0. The lowest BCUT2D eigenvalue weighted by Gasteiger charge is -2.40. The zero-order valence-corrected chi connectivity index (χ0v) is 15.7. The highest BCUT2D eigenvalue weighted by molar-refractivity contribution is 5.93. The smallest absolute Gasteiger partial charge is 0.245 e. The van der Waals surface area contributed by atoms with E-state index in [1.54, 1.807) is 11.8 Å². The Hall–Kier alpha value is -2.16. The van der Waals surface area contributed by atoms with Crippen LogP contribution < -0.4 is 11.1 Å². The number of carbonyl (C=O) groups excluding carboxylic acids is 4. The normalized spacial score (nSPS) is 24.4. The van der Waals surface area contributed by atoms with Crippen LogP contribution in [0, 0.1) is 5.92 Å². The van der Waals surface area contributed by atoms with Crippen molar-refractivity contribution in [2.24, 2.45) is 11.7 Å². The van der Waals surface area contributed by atoms with Gasteiger partial charge >= 0.3 is 0 Å². The third-order valence-electron chi connectivity index (χ3n) is 4.83. The molecular formula is C17H29N5O4. The van der Waals surface area contributed by atoms with Crippen LogP contribution in [0.2, 0.25) is 0 Å². The molecule has 3 N–H and O–H groups in total. The maximum atomic E-state index is 12.7. The van der Waals surface area contributed by atoms with Crippen LogP contribution in [0.3, 0.4) is 0 Å². The third kappa shape index (κ3) is 4.72. The predicted molar refractivity (Wildman–Crippen MR) is 94.8 cm³/mol. The number of carbonyl (C=O) groups is 4. The zero-order chi connectivity index (χ0) is 19.4. The average molecular weight is 367 g/mol. The van der Waals surface area contributed by atoms with Crippen LogP contribution in [0.15, 0.2) is 0 Å². The molecule has 9 nitrogen and oxygen atoms in total. The topological polar surface area (TPSA) is 116 Å². The first-order valence-electron chi connectivity index (χ1n) is 9.09. The second-order valence-electron chi connectivity index (χ2n) is 7.39. The Bertz CT molecular complexity index is 580. The molecule has 2 aliphatic rings. The van der Waals surface area contributed by atoms with Crippen molar-refractivity contribution in [3.8, 4) is 0 Å². The number of hydrogen-bond acceptors (Lipinski definition) is 5. The van der Waals surface area contributed by atoms with Crippen molar-refractivity contribution in [2.75, 3.05) is 39.3 Å². The van der Waals surface area contributed by atoms with E-state index in [2.05, 4.69) is 19.2 Å². The Kier molecular flexibility index (Phi) is 6.57. The minimum absolute atomic E-state index is 0.0252. The monoisotopic (exact) mass is 367 g/mol. The summed E-state index contributed by atoms with van der Waals surface area (Å²) < 4.78 is 0. The number of rotatable bonds is 6. The maximum absolute atomic E-state index is 12.7. The highest BCUT2D eigenvalue weighted by Crippen LogP contribution is 2.14. The molecule has 0 aliphatic carbocycles. The van der Waals surface area contributed by atoms with E-state index in [-0.39, 0.29) is 43.4 Å². The number of nitrogens with one attached hydrogen (secondary N) is 1.